The summed E-state index contributed by atoms with van der Waals surface area (Å²) in [5.74, 6) is -6.21. The van der Waals surface area contributed by atoms with Gasteiger partial charge in [-0.3, -0.25) is 19.2 Å². The molecule has 2 heterocycles. The molecular weight excluding hydrogens is 654 g/mol. The summed E-state index contributed by atoms with van der Waals surface area (Å²) < 4.78 is 33.5. The van der Waals surface area contributed by atoms with Gasteiger partial charge in [0.1, 0.15) is 0 Å². The zero-order valence-electron chi connectivity index (χ0n) is 22.3. The number of carbonyl (C=O) groups excluding carboxylic acids is 5. The molecule has 0 bridgehead atoms. The van der Waals surface area contributed by atoms with E-state index in [1.165, 1.54) is 24.3 Å². The summed E-state index contributed by atoms with van der Waals surface area (Å²) in [6.45, 7) is 4.38. The number of hydrogen-bond acceptors (Lipinski definition) is 11. The quantitative estimate of drug-likeness (QED) is 0.129. The zero-order chi connectivity index (χ0) is 31.5. The van der Waals surface area contributed by atoms with Crippen molar-refractivity contribution in [1.82, 2.24) is 0 Å². The van der Waals surface area contributed by atoms with Crippen LogP contribution >= 0.6 is 46.4 Å². The molecule has 0 N–H and O–H groups in total. The van der Waals surface area contributed by atoms with E-state index in [4.69, 9.17) is 74.8 Å². The van der Waals surface area contributed by atoms with Crippen LogP contribution in [0.15, 0.2) is 24.3 Å². The summed E-state index contributed by atoms with van der Waals surface area (Å²) in [7, 11) is 0. The van der Waals surface area contributed by atoms with Crippen LogP contribution in [0.25, 0.3) is 0 Å². The molecule has 0 aromatic heterocycles. The summed E-state index contributed by atoms with van der Waals surface area (Å²) in [5, 5.41) is -0.930. The van der Waals surface area contributed by atoms with Crippen molar-refractivity contribution in [2.75, 3.05) is 0 Å². The van der Waals surface area contributed by atoms with E-state index in [0.29, 0.717) is 0 Å². The molecule has 0 radical (unpaired) electrons. The first-order valence-corrected chi connectivity index (χ1v) is 13.6. The fraction of sp³-hybridized carbons (Fsp3) is 0.179. The lowest BCUT2D eigenvalue weighted by atomic mass is 9.77. The van der Waals surface area contributed by atoms with Crippen LogP contribution in [0.3, 0.4) is 0 Å². The first-order valence-electron chi connectivity index (χ1n) is 12.0. The van der Waals surface area contributed by atoms with Gasteiger partial charge >= 0.3 is 29.8 Å². The van der Waals surface area contributed by atoms with Crippen LogP contribution in [-0.2, 0) is 29.5 Å². The molecule has 3 aromatic rings. The van der Waals surface area contributed by atoms with E-state index >= 15 is 0 Å². The van der Waals surface area contributed by atoms with Gasteiger partial charge in [-0.05, 0) is 24.3 Å². The minimum Gasteiger partial charge on any atom is -0.448 e. The van der Waals surface area contributed by atoms with Crippen LogP contribution in [-0.4, -0.2) is 29.8 Å². The van der Waals surface area contributed by atoms with E-state index in [-0.39, 0.29) is 65.3 Å². The van der Waals surface area contributed by atoms with Crippen molar-refractivity contribution in [3.05, 3.63) is 66.6 Å². The highest BCUT2D eigenvalue weighted by Gasteiger charge is 2.58. The smallest absolute Gasteiger partial charge is 0.341 e. The third-order valence-electron chi connectivity index (χ3n) is 6.18. The number of halogens is 4. The molecule has 1 spiro atoms. The molecule has 0 amide bonds. The molecule has 3 aromatic carbocycles. The standard InChI is InChI=1S/C28H16Cl4O11/c1-9(33)38-15-7-5-13-23(25(15)40-11(3)35)42-24-14(6-8-16(39-10(2)34)26(24)41-12(4)36)28(13)18-17(27(37)43-28)19(29)21(31)22(32)20(18)30/h5-8H,1-4H3. The first kappa shape index (κ1) is 30.4. The minimum atomic E-state index is -2.07. The van der Waals surface area contributed by atoms with Gasteiger partial charge in [0.2, 0.25) is 11.5 Å². The first-order chi connectivity index (χ1) is 20.2. The van der Waals surface area contributed by atoms with E-state index in [9.17, 15) is 24.0 Å². The third kappa shape index (κ3) is 4.82. The summed E-state index contributed by atoms with van der Waals surface area (Å²) in [4.78, 5) is 61.8. The van der Waals surface area contributed by atoms with E-state index in [1.807, 2.05) is 0 Å². The molecule has 2 aliphatic rings. The van der Waals surface area contributed by atoms with Gasteiger partial charge in [-0.15, -0.1) is 0 Å². The molecule has 0 fully saturated rings. The summed E-state index contributed by atoms with van der Waals surface area (Å²) in [6, 6.07) is 5.27. The summed E-state index contributed by atoms with van der Waals surface area (Å²) in [6.07, 6.45) is 0. The Morgan fingerprint density at radius 2 is 1.05 bits per heavy atom. The van der Waals surface area contributed by atoms with Crippen molar-refractivity contribution < 1.29 is 52.4 Å². The van der Waals surface area contributed by atoms with Crippen molar-refractivity contribution >= 4 is 76.3 Å². The normalized spacial score (nSPS) is 13.6. The second kappa shape index (κ2) is 10.9. The van der Waals surface area contributed by atoms with Crippen molar-refractivity contribution in [3.8, 4) is 34.5 Å². The second-order valence-electron chi connectivity index (χ2n) is 9.09. The highest BCUT2D eigenvalue weighted by atomic mass is 35.5. The predicted molar refractivity (Wildman–Crippen MR) is 150 cm³/mol. The maximum atomic E-state index is 13.5. The molecule has 5 rings (SSSR count). The molecule has 0 atom stereocenters. The van der Waals surface area contributed by atoms with E-state index in [1.54, 1.807) is 0 Å². The van der Waals surface area contributed by atoms with E-state index < -0.39 is 46.9 Å². The predicted octanol–water partition coefficient (Wildman–Crippen LogP) is 6.57. The fourth-order valence-corrected chi connectivity index (χ4v) is 5.88. The Morgan fingerprint density at radius 3 is 1.47 bits per heavy atom. The van der Waals surface area contributed by atoms with Crippen molar-refractivity contribution in [1.29, 1.82) is 0 Å². The molecule has 2 aliphatic heterocycles. The van der Waals surface area contributed by atoms with Gasteiger partial charge in [0.15, 0.2) is 28.6 Å². The SMILES string of the molecule is CC(=O)Oc1ccc2c(c1OC(C)=O)Oc1c(ccc(OC(C)=O)c1OC(C)=O)C21OC(=O)c2c(Cl)c(Cl)c(Cl)c(Cl)c21. The number of hydrogen-bond donors (Lipinski definition) is 0. The Kier molecular flexibility index (Phi) is 7.72. The van der Waals surface area contributed by atoms with Crippen LogP contribution in [0, 0.1) is 0 Å². The highest BCUT2D eigenvalue weighted by molar-refractivity contribution is 6.53. The van der Waals surface area contributed by atoms with Crippen LogP contribution in [0.2, 0.25) is 20.1 Å². The van der Waals surface area contributed by atoms with Gasteiger partial charge in [0.05, 0.1) is 36.8 Å². The molecular formula is C28H16Cl4O11. The Bertz CT molecular complexity index is 1730. The van der Waals surface area contributed by atoms with Crippen molar-refractivity contribution in [2.24, 2.45) is 0 Å². The zero-order valence-corrected chi connectivity index (χ0v) is 25.3. The molecule has 11 nitrogen and oxygen atoms in total. The van der Waals surface area contributed by atoms with Gasteiger partial charge < -0.3 is 28.4 Å². The number of esters is 5. The van der Waals surface area contributed by atoms with Crippen LogP contribution in [0.4, 0.5) is 0 Å². The minimum absolute atomic E-state index is 0.00428. The van der Waals surface area contributed by atoms with Gasteiger partial charge in [-0.25, -0.2) is 4.79 Å². The monoisotopic (exact) mass is 668 g/mol. The maximum absolute atomic E-state index is 13.5. The molecule has 0 saturated carbocycles. The van der Waals surface area contributed by atoms with Crippen LogP contribution in [0.1, 0.15) is 54.7 Å². The number of benzene rings is 3. The van der Waals surface area contributed by atoms with Gasteiger partial charge in [0, 0.05) is 33.3 Å². The molecule has 15 heteroatoms. The second-order valence-corrected chi connectivity index (χ2v) is 10.6. The summed E-state index contributed by atoms with van der Waals surface area (Å²) in [5.41, 5.74) is -2.38. The number of ether oxygens (including phenoxy) is 6. The summed E-state index contributed by atoms with van der Waals surface area (Å²) >= 11 is 25.9. The Hall–Kier alpha value is -4.03. The Labute approximate surface area is 262 Å². The lowest BCUT2D eigenvalue weighted by Crippen LogP contribution is -2.34. The van der Waals surface area contributed by atoms with Crippen LogP contribution < -0.4 is 23.7 Å². The lowest BCUT2D eigenvalue weighted by Gasteiger charge is -2.38. The largest absolute Gasteiger partial charge is 0.448 e. The fourth-order valence-electron chi connectivity index (χ4n) is 4.82. The average Bonchev–Trinajstić information content (AvgIpc) is 3.21. The van der Waals surface area contributed by atoms with E-state index in [0.717, 1.165) is 27.7 Å². The van der Waals surface area contributed by atoms with Gasteiger partial charge in [0.25, 0.3) is 0 Å². The Morgan fingerprint density at radius 1 is 0.628 bits per heavy atom. The van der Waals surface area contributed by atoms with Gasteiger partial charge in [-0.1, -0.05) is 46.4 Å². The number of carbonyl (C=O) groups is 5. The Balaban J connectivity index is 1.99. The highest BCUT2D eigenvalue weighted by Crippen LogP contribution is 2.65. The third-order valence-corrected chi connectivity index (χ3v) is 7.98. The van der Waals surface area contributed by atoms with E-state index in [2.05, 4.69) is 0 Å². The van der Waals surface area contributed by atoms with Crippen molar-refractivity contribution in [3.63, 3.8) is 0 Å². The molecule has 0 aliphatic carbocycles. The lowest BCUT2D eigenvalue weighted by molar-refractivity contribution is -0.134. The average molecular weight is 670 g/mol. The van der Waals surface area contributed by atoms with Crippen LogP contribution in [0.5, 0.6) is 34.5 Å². The van der Waals surface area contributed by atoms with Crippen molar-refractivity contribution in [2.45, 2.75) is 33.3 Å². The molecule has 43 heavy (non-hydrogen) atoms. The molecule has 0 unspecified atom stereocenters. The maximum Gasteiger partial charge on any atom is 0.341 e. The molecule has 0 saturated heterocycles. The van der Waals surface area contributed by atoms with Gasteiger partial charge in [-0.2, -0.15) is 0 Å². The topological polar surface area (TPSA) is 141 Å². The number of fused-ring (bicyclic) bond motifs is 6. The number of rotatable bonds is 4. The molecule has 222 valence electrons.